The second kappa shape index (κ2) is 5.97. The first-order valence-corrected chi connectivity index (χ1v) is 7.47. The molecule has 1 aromatic heterocycles. The molecule has 2 aromatic rings. The molecule has 1 heterocycles. The molecule has 0 bridgehead atoms. The largest absolute Gasteiger partial charge is 0.435 e. The van der Waals surface area contributed by atoms with Crippen molar-refractivity contribution in [2.24, 2.45) is 0 Å². The molecule has 1 aromatic carbocycles. The Hall–Kier alpha value is -0.700. The molecule has 0 aliphatic heterocycles. The Labute approximate surface area is 135 Å². The first kappa shape index (κ1) is 15.7. The zero-order valence-corrected chi connectivity index (χ0v) is 13.4. The standard InChI is InChI=1S/C11H5BrClF3N2S2/c12-8-7(11(14,15)16)17-10(20-8)18-9(19)5-2-1-3-6(13)4-5/h1-4H,(H,17,18,19). The Morgan fingerprint density at radius 1 is 1.40 bits per heavy atom. The normalized spacial score (nSPS) is 11.4. The fourth-order valence-electron chi connectivity index (χ4n) is 1.33. The third-order valence-corrected chi connectivity index (χ3v) is 4.35. The van der Waals surface area contributed by atoms with Gasteiger partial charge in [0, 0.05) is 10.6 Å². The SMILES string of the molecule is FC(F)(F)c1nc(NC(=S)c2cccc(Cl)c2)sc1Br. The van der Waals surface area contributed by atoms with Crippen molar-refractivity contribution in [1.82, 2.24) is 4.98 Å². The van der Waals surface area contributed by atoms with Crippen molar-refractivity contribution in [2.45, 2.75) is 6.18 Å². The molecule has 2 nitrogen and oxygen atoms in total. The molecule has 1 N–H and O–H groups in total. The Morgan fingerprint density at radius 2 is 2.10 bits per heavy atom. The molecule has 0 fully saturated rings. The van der Waals surface area contributed by atoms with E-state index in [1.165, 1.54) is 0 Å². The highest BCUT2D eigenvalue weighted by atomic mass is 79.9. The highest BCUT2D eigenvalue weighted by Gasteiger charge is 2.37. The third-order valence-electron chi connectivity index (χ3n) is 2.16. The van der Waals surface area contributed by atoms with Crippen LogP contribution in [0.5, 0.6) is 0 Å². The summed E-state index contributed by atoms with van der Waals surface area (Å²) in [5.74, 6) is 0. The molecule has 0 atom stereocenters. The van der Waals surface area contributed by atoms with Crippen molar-refractivity contribution in [3.63, 3.8) is 0 Å². The summed E-state index contributed by atoms with van der Waals surface area (Å²) in [5.41, 5.74) is -0.369. The van der Waals surface area contributed by atoms with Gasteiger partial charge in [-0.15, -0.1) is 0 Å². The van der Waals surface area contributed by atoms with E-state index in [2.05, 4.69) is 26.2 Å². The van der Waals surface area contributed by atoms with Gasteiger partial charge in [-0.25, -0.2) is 4.98 Å². The monoisotopic (exact) mass is 400 g/mol. The van der Waals surface area contributed by atoms with Gasteiger partial charge in [0.15, 0.2) is 10.8 Å². The van der Waals surface area contributed by atoms with Crippen molar-refractivity contribution < 1.29 is 13.2 Å². The van der Waals surface area contributed by atoms with E-state index in [4.69, 9.17) is 23.8 Å². The molecule has 0 unspecified atom stereocenters. The molecule has 0 aliphatic carbocycles. The zero-order valence-electron chi connectivity index (χ0n) is 9.46. The number of benzene rings is 1. The maximum absolute atomic E-state index is 12.6. The number of hydrogen-bond acceptors (Lipinski definition) is 3. The van der Waals surface area contributed by atoms with Crippen LogP contribution < -0.4 is 5.32 Å². The molecule has 0 amide bonds. The van der Waals surface area contributed by atoms with Crippen LogP contribution in [0.15, 0.2) is 28.1 Å². The van der Waals surface area contributed by atoms with Gasteiger partial charge < -0.3 is 5.32 Å². The predicted molar refractivity (Wildman–Crippen MR) is 81.6 cm³/mol. The first-order chi connectivity index (χ1) is 9.27. The lowest BCUT2D eigenvalue weighted by molar-refractivity contribution is -0.141. The second-order valence-corrected chi connectivity index (χ2v) is 6.77. The van der Waals surface area contributed by atoms with Crippen LogP contribution in [0.4, 0.5) is 18.3 Å². The Bertz CT molecular complexity index is 657. The van der Waals surface area contributed by atoms with E-state index in [0.29, 0.717) is 10.6 Å². The molecule has 0 radical (unpaired) electrons. The Morgan fingerprint density at radius 3 is 2.65 bits per heavy atom. The number of nitrogens with one attached hydrogen (secondary N) is 1. The second-order valence-electron chi connectivity index (χ2n) is 3.60. The average Bonchev–Trinajstić information content (AvgIpc) is 2.70. The van der Waals surface area contributed by atoms with E-state index in [9.17, 15) is 13.2 Å². The van der Waals surface area contributed by atoms with E-state index in [0.717, 1.165) is 11.3 Å². The smallest absolute Gasteiger partial charge is 0.322 e. The van der Waals surface area contributed by atoms with E-state index < -0.39 is 11.9 Å². The minimum atomic E-state index is -4.51. The van der Waals surface area contributed by atoms with Crippen LogP contribution in [-0.2, 0) is 6.18 Å². The molecule has 0 aliphatic rings. The van der Waals surface area contributed by atoms with Crippen molar-refractivity contribution in [3.05, 3.63) is 44.3 Å². The van der Waals surface area contributed by atoms with Gasteiger partial charge in [-0.05, 0) is 28.1 Å². The van der Waals surface area contributed by atoms with Crippen molar-refractivity contribution in [1.29, 1.82) is 0 Å². The quantitative estimate of drug-likeness (QED) is 0.685. The zero-order chi connectivity index (χ0) is 14.9. The van der Waals surface area contributed by atoms with Crippen molar-refractivity contribution in [2.75, 3.05) is 5.32 Å². The van der Waals surface area contributed by atoms with Crippen LogP contribution in [-0.4, -0.2) is 9.97 Å². The van der Waals surface area contributed by atoms with Gasteiger partial charge in [-0.2, -0.15) is 13.2 Å². The van der Waals surface area contributed by atoms with Gasteiger partial charge in [-0.3, -0.25) is 0 Å². The Kier molecular flexibility index (Phi) is 4.68. The number of thiocarbonyl (C=S) groups is 1. The summed E-state index contributed by atoms with van der Waals surface area (Å²) in [7, 11) is 0. The fourth-order valence-corrected chi connectivity index (χ4v) is 3.30. The minimum Gasteiger partial charge on any atom is -0.322 e. The van der Waals surface area contributed by atoms with Gasteiger partial charge in [-0.1, -0.05) is 47.3 Å². The molecule has 20 heavy (non-hydrogen) atoms. The van der Waals surface area contributed by atoms with Crippen LogP contribution in [0.3, 0.4) is 0 Å². The summed E-state index contributed by atoms with van der Waals surface area (Å²) in [4.78, 5) is 3.74. The van der Waals surface area contributed by atoms with Gasteiger partial charge in [0.2, 0.25) is 0 Å². The molecule has 2 rings (SSSR count). The molecule has 0 saturated heterocycles. The molecular weight excluding hydrogens is 397 g/mol. The highest BCUT2D eigenvalue weighted by Crippen LogP contribution is 2.39. The molecular formula is C11H5BrClF3N2S2. The number of alkyl halides is 3. The van der Waals surface area contributed by atoms with E-state index in [1.807, 2.05) is 0 Å². The number of anilines is 1. The van der Waals surface area contributed by atoms with Crippen LogP contribution in [0.1, 0.15) is 11.3 Å². The molecule has 0 saturated carbocycles. The number of thiazole rings is 1. The predicted octanol–water partition coefficient (Wildman–Crippen LogP) is 5.37. The number of halogens is 5. The highest BCUT2D eigenvalue weighted by molar-refractivity contribution is 9.11. The van der Waals surface area contributed by atoms with Gasteiger partial charge in [0.05, 0.1) is 0 Å². The average molecular weight is 402 g/mol. The molecule has 9 heteroatoms. The van der Waals surface area contributed by atoms with Gasteiger partial charge in [0.25, 0.3) is 0 Å². The summed E-state index contributed by atoms with van der Waals surface area (Å²) < 4.78 is 37.7. The van der Waals surface area contributed by atoms with Crippen LogP contribution in [0, 0.1) is 0 Å². The molecule has 106 valence electrons. The molecule has 0 spiro atoms. The maximum atomic E-state index is 12.6. The summed E-state index contributed by atoms with van der Waals surface area (Å²) in [6.07, 6.45) is -4.51. The number of rotatable bonds is 2. The van der Waals surface area contributed by atoms with E-state index in [-0.39, 0.29) is 13.9 Å². The van der Waals surface area contributed by atoms with Crippen LogP contribution in [0.25, 0.3) is 0 Å². The van der Waals surface area contributed by atoms with Crippen LogP contribution >= 0.6 is 51.1 Å². The lowest BCUT2D eigenvalue weighted by atomic mass is 10.2. The number of nitrogens with zero attached hydrogens (tertiary/aromatic N) is 1. The fraction of sp³-hybridized carbons (Fsp3) is 0.0909. The number of aromatic nitrogens is 1. The summed E-state index contributed by atoms with van der Waals surface area (Å²) in [5, 5.41) is 3.22. The first-order valence-electron chi connectivity index (χ1n) is 5.08. The summed E-state index contributed by atoms with van der Waals surface area (Å²) in [6, 6.07) is 6.69. The summed E-state index contributed by atoms with van der Waals surface area (Å²) >= 11 is 14.6. The van der Waals surface area contributed by atoms with Crippen molar-refractivity contribution in [3.8, 4) is 0 Å². The third kappa shape index (κ3) is 3.69. The van der Waals surface area contributed by atoms with E-state index >= 15 is 0 Å². The maximum Gasteiger partial charge on any atom is 0.435 e. The minimum absolute atomic E-state index is 0.0641. The van der Waals surface area contributed by atoms with Crippen LogP contribution in [0.2, 0.25) is 5.02 Å². The number of hydrogen-bond donors (Lipinski definition) is 1. The van der Waals surface area contributed by atoms with Crippen molar-refractivity contribution >= 4 is 61.2 Å². The van der Waals surface area contributed by atoms with Gasteiger partial charge in [0.1, 0.15) is 8.77 Å². The van der Waals surface area contributed by atoms with E-state index in [1.54, 1.807) is 24.3 Å². The topological polar surface area (TPSA) is 24.9 Å². The lowest BCUT2D eigenvalue weighted by Crippen LogP contribution is -2.11. The summed E-state index contributed by atoms with van der Waals surface area (Å²) in [6.45, 7) is 0. The van der Waals surface area contributed by atoms with Gasteiger partial charge >= 0.3 is 6.18 Å². The Balaban J connectivity index is 2.21. The lowest BCUT2D eigenvalue weighted by Gasteiger charge is -2.05.